The summed E-state index contributed by atoms with van der Waals surface area (Å²) in [7, 11) is 0. The van der Waals surface area contributed by atoms with Crippen LogP contribution in [0.25, 0.3) is 0 Å². The lowest BCUT2D eigenvalue weighted by Crippen LogP contribution is -2.39. The number of amides is 2. The molecule has 0 atom stereocenters. The molecule has 0 saturated heterocycles. The smallest absolute Gasteiger partial charge is 0.252 e. The van der Waals surface area contributed by atoms with Gasteiger partial charge in [0.1, 0.15) is 0 Å². The molecule has 0 fully saturated rings. The SMILES string of the molecule is CCN(Cc1ccccc1)C(=O)CNC(=O)c1ccsc1. The predicted octanol–water partition coefficient (Wildman–Crippen LogP) is 2.53. The minimum absolute atomic E-state index is 0.0232. The molecule has 0 saturated carbocycles. The van der Waals surface area contributed by atoms with Crippen molar-refractivity contribution in [2.75, 3.05) is 13.1 Å². The maximum atomic E-state index is 12.2. The molecule has 1 aromatic carbocycles. The van der Waals surface area contributed by atoms with Crippen LogP contribution in [-0.4, -0.2) is 29.8 Å². The molecular weight excluding hydrogens is 284 g/mol. The first-order valence-electron chi connectivity index (χ1n) is 6.82. The molecule has 2 amide bonds. The van der Waals surface area contributed by atoms with Gasteiger partial charge in [-0.25, -0.2) is 0 Å². The monoisotopic (exact) mass is 302 g/mol. The molecule has 0 aliphatic carbocycles. The second-order valence-electron chi connectivity index (χ2n) is 4.59. The average molecular weight is 302 g/mol. The Kier molecular flexibility index (Phi) is 5.51. The summed E-state index contributed by atoms with van der Waals surface area (Å²) in [6.07, 6.45) is 0. The molecule has 0 unspecified atom stereocenters. The quantitative estimate of drug-likeness (QED) is 0.891. The lowest BCUT2D eigenvalue weighted by molar-refractivity contribution is -0.130. The molecule has 1 N–H and O–H groups in total. The van der Waals surface area contributed by atoms with Crippen LogP contribution in [0.2, 0.25) is 0 Å². The predicted molar refractivity (Wildman–Crippen MR) is 84.2 cm³/mol. The van der Waals surface area contributed by atoms with Gasteiger partial charge in [0, 0.05) is 24.0 Å². The molecule has 2 aromatic rings. The third-order valence-corrected chi connectivity index (χ3v) is 3.82. The highest BCUT2D eigenvalue weighted by molar-refractivity contribution is 7.08. The molecule has 0 aliphatic rings. The molecular formula is C16H18N2O2S. The van der Waals surface area contributed by atoms with E-state index < -0.39 is 0 Å². The zero-order valence-electron chi connectivity index (χ0n) is 11.9. The molecule has 0 bridgehead atoms. The van der Waals surface area contributed by atoms with E-state index >= 15 is 0 Å². The lowest BCUT2D eigenvalue weighted by atomic mass is 10.2. The van der Waals surface area contributed by atoms with E-state index in [2.05, 4.69) is 5.32 Å². The van der Waals surface area contributed by atoms with E-state index in [1.165, 1.54) is 11.3 Å². The van der Waals surface area contributed by atoms with Gasteiger partial charge in [-0.15, -0.1) is 0 Å². The van der Waals surface area contributed by atoms with E-state index in [0.29, 0.717) is 18.7 Å². The van der Waals surface area contributed by atoms with Gasteiger partial charge in [0.2, 0.25) is 5.91 Å². The van der Waals surface area contributed by atoms with Gasteiger partial charge in [-0.3, -0.25) is 9.59 Å². The van der Waals surface area contributed by atoms with Gasteiger partial charge in [0.05, 0.1) is 6.54 Å². The molecule has 0 spiro atoms. The topological polar surface area (TPSA) is 49.4 Å². The van der Waals surface area contributed by atoms with Crippen LogP contribution in [0, 0.1) is 0 Å². The molecule has 1 aromatic heterocycles. The van der Waals surface area contributed by atoms with E-state index in [0.717, 1.165) is 5.56 Å². The normalized spacial score (nSPS) is 10.1. The summed E-state index contributed by atoms with van der Waals surface area (Å²) in [5, 5.41) is 6.26. The van der Waals surface area contributed by atoms with Crippen LogP contribution >= 0.6 is 11.3 Å². The van der Waals surface area contributed by atoms with Crippen molar-refractivity contribution < 1.29 is 9.59 Å². The van der Waals surface area contributed by atoms with E-state index in [1.807, 2.05) is 42.6 Å². The van der Waals surface area contributed by atoms with Crippen molar-refractivity contribution in [1.82, 2.24) is 10.2 Å². The Labute approximate surface area is 128 Å². The zero-order chi connectivity index (χ0) is 15.1. The molecule has 5 heteroatoms. The van der Waals surface area contributed by atoms with E-state index in [-0.39, 0.29) is 18.4 Å². The van der Waals surface area contributed by atoms with Gasteiger partial charge >= 0.3 is 0 Å². The number of carbonyl (C=O) groups excluding carboxylic acids is 2. The van der Waals surface area contributed by atoms with Gasteiger partial charge in [-0.1, -0.05) is 30.3 Å². The Morgan fingerprint density at radius 1 is 1.19 bits per heavy atom. The average Bonchev–Trinajstić information content (AvgIpc) is 3.05. The number of likely N-dealkylation sites (N-methyl/N-ethyl adjacent to an activating group) is 1. The molecule has 0 aliphatic heterocycles. The van der Waals surface area contributed by atoms with Crippen molar-refractivity contribution in [2.45, 2.75) is 13.5 Å². The lowest BCUT2D eigenvalue weighted by Gasteiger charge is -2.21. The molecule has 4 nitrogen and oxygen atoms in total. The van der Waals surface area contributed by atoms with Crippen molar-refractivity contribution in [2.24, 2.45) is 0 Å². The fraction of sp³-hybridized carbons (Fsp3) is 0.250. The van der Waals surface area contributed by atoms with Gasteiger partial charge in [0.15, 0.2) is 0 Å². The minimum atomic E-state index is -0.208. The summed E-state index contributed by atoms with van der Waals surface area (Å²) >= 11 is 1.46. The highest BCUT2D eigenvalue weighted by atomic mass is 32.1. The first kappa shape index (κ1) is 15.3. The molecule has 2 rings (SSSR count). The molecule has 21 heavy (non-hydrogen) atoms. The number of hydrogen-bond acceptors (Lipinski definition) is 3. The Morgan fingerprint density at radius 2 is 1.95 bits per heavy atom. The molecule has 0 radical (unpaired) electrons. The maximum absolute atomic E-state index is 12.2. The number of carbonyl (C=O) groups is 2. The second-order valence-corrected chi connectivity index (χ2v) is 5.37. The standard InChI is InChI=1S/C16H18N2O2S/c1-2-18(11-13-6-4-3-5-7-13)15(19)10-17-16(20)14-8-9-21-12-14/h3-9,12H,2,10-11H2,1H3,(H,17,20). The van der Waals surface area contributed by atoms with Crippen molar-refractivity contribution in [3.63, 3.8) is 0 Å². The summed E-state index contributed by atoms with van der Waals surface area (Å²) in [4.78, 5) is 25.7. The summed E-state index contributed by atoms with van der Waals surface area (Å²) in [6.45, 7) is 3.13. The summed E-state index contributed by atoms with van der Waals surface area (Å²) < 4.78 is 0. The second kappa shape index (κ2) is 7.59. The van der Waals surface area contributed by atoms with Crippen LogP contribution in [0.4, 0.5) is 0 Å². The fourth-order valence-electron chi connectivity index (χ4n) is 1.94. The zero-order valence-corrected chi connectivity index (χ0v) is 12.7. The van der Waals surface area contributed by atoms with E-state index in [4.69, 9.17) is 0 Å². The van der Waals surface area contributed by atoms with Crippen molar-refractivity contribution in [3.8, 4) is 0 Å². The van der Waals surface area contributed by atoms with Gasteiger partial charge in [-0.2, -0.15) is 11.3 Å². The summed E-state index contributed by atoms with van der Waals surface area (Å²) in [5.74, 6) is -0.287. The van der Waals surface area contributed by atoms with Crippen molar-refractivity contribution in [3.05, 3.63) is 58.3 Å². The first-order valence-corrected chi connectivity index (χ1v) is 7.77. The van der Waals surface area contributed by atoms with Crippen LogP contribution in [0.15, 0.2) is 47.2 Å². The molecule has 1 heterocycles. The third kappa shape index (κ3) is 4.43. The summed E-state index contributed by atoms with van der Waals surface area (Å²) in [6, 6.07) is 11.6. The van der Waals surface area contributed by atoms with Crippen LogP contribution < -0.4 is 5.32 Å². The number of thiophene rings is 1. The van der Waals surface area contributed by atoms with Gasteiger partial charge in [-0.05, 0) is 23.9 Å². The largest absolute Gasteiger partial charge is 0.343 e. The minimum Gasteiger partial charge on any atom is -0.343 e. The highest BCUT2D eigenvalue weighted by Gasteiger charge is 2.14. The maximum Gasteiger partial charge on any atom is 0.252 e. The summed E-state index contributed by atoms with van der Waals surface area (Å²) in [5.41, 5.74) is 1.68. The van der Waals surface area contributed by atoms with Crippen LogP contribution in [0.1, 0.15) is 22.8 Å². The fourth-order valence-corrected chi connectivity index (χ4v) is 2.58. The van der Waals surface area contributed by atoms with Gasteiger partial charge in [0.25, 0.3) is 5.91 Å². The number of rotatable bonds is 6. The van der Waals surface area contributed by atoms with Crippen LogP contribution in [0.3, 0.4) is 0 Å². The Hall–Kier alpha value is -2.14. The van der Waals surface area contributed by atoms with Crippen molar-refractivity contribution >= 4 is 23.2 Å². The van der Waals surface area contributed by atoms with Crippen LogP contribution in [-0.2, 0) is 11.3 Å². The Balaban J connectivity index is 1.87. The Bertz CT molecular complexity index is 582. The van der Waals surface area contributed by atoms with Crippen LogP contribution in [0.5, 0.6) is 0 Å². The number of hydrogen-bond donors (Lipinski definition) is 1. The van der Waals surface area contributed by atoms with Gasteiger partial charge < -0.3 is 10.2 Å². The highest BCUT2D eigenvalue weighted by Crippen LogP contribution is 2.06. The molecule has 110 valence electrons. The number of nitrogens with one attached hydrogen (secondary N) is 1. The third-order valence-electron chi connectivity index (χ3n) is 3.13. The van der Waals surface area contributed by atoms with Crippen molar-refractivity contribution in [1.29, 1.82) is 0 Å². The first-order chi connectivity index (χ1) is 10.2. The number of benzene rings is 1. The Morgan fingerprint density at radius 3 is 2.57 bits per heavy atom. The van der Waals surface area contributed by atoms with E-state index in [9.17, 15) is 9.59 Å². The number of nitrogens with zero attached hydrogens (tertiary/aromatic N) is 1. The van der Waals surface area contributed by atoms with E-state index in [1.54, 1.807) is 16.3 Å².